The van der Waals surface area contributed by atoms with Crippen LogP contribution in [0.4, 0.5) is 4.39 Å². The van der Waals surface area contributed by atoms with Gasteiger partial charge in [0.05, 0.1) is 18.7 Å². The van der Waals surface area contributed by atoms with E-state index in [1.54, 1.807) is 48.7 Å². The van der Waals surface area contributed by atoms with Crippen LogP contribution in [0.3, 0.4) is 0 Å². The Kier molecular flexibility index (Phi) is 7.55. The number of nitrogens with zero attached hydrogens (tertiary/aromatic N) is 1. The maximum Gasteiger partial charge on any atom is 0.279 e. The number of carbonyl (C=O) groups excluding carboxylic acids is 2. The van der Waals surface area contributed by atoms with Gasteiger partial charge in [0, 0.05) is 10.9 Å². The lowest BCUT2D eigenvalue weighted by Crippen LogP contribution is -2.47. The number of aromatic nitrogens is 1. The van der Waals surface area contributed by atoms with Crippen molar-refractivity contribution in [2.75, 3.05) is 6.61 Å². The van der Waals surface area contributed by atoms with Crippen molar-refractivity contribution < 1.29 is 23.5 Å². The van der Waals surface area contributed by atoms with Crippen molar-refractivity contribution in [2.45, 2.75) is 26.4 Å². The van der Waals surface area contributed by atoms with Gasteiger partial charge in [0.15, 0.2) is 6.10 Å². The first-order valence-electron chi connectivity index (χ1n) is 9.63. The van der Waals surface area contributed by atoms with E-state index in [9.17, 15) is 14.0 Å². The highest BCUT2D eigenvalue weighted by molar-refractivity contribution is 7.13. The molecule has 2 aromatic carbocycles. The van der Waals surface area contributed by atoms with Gasteiger partial charge in [-0.25, -0.2) is 9.37 Å². The second-order valence-electron chi connectivity index (χ2n) is 6.53. The van der Waals surface area contributed by atoms with Gasteiger partial charge in [-0.3, -0.25) is 20.4 Å². The average molecular weight is 444 g/mol. The molecule has 0 spiro atoms. The molecule has 1 atom stereocenters. The Morgan fingerprint density at radius 2 is 1.74 bits per heavy atom. The molecule has 0 aliphatic rings. The molecule has 162 valence electrons. The highest BCUT2D eigenvalue weighted by atomic mass is 32.1. The van der Waals surface area contributed by atoms with E-state index in [0.717, 1.165) is 5.56 Å². The maximum absolute atomic E-state index is 13.0. The van der Waals surface area contributed by atoms with Gasteiger partial charge < -0.3 is 9.47 Å². The zero-order valence-electron chi connectivity index (χ0n) is 17.1. The molecule has 1 unspecified atom stereocenters. The molecule has 1 aromatic heterocycles. The summed E-state index contributed by atoms with van der Waals surface area (Å²) in [7, 11) is 0. The van der Waals surface area contributed by atoms with Crippen molar-refractivity contribution in [2.24, 2.45) is 0 Å². The summed E-state index contributed by atoms with van der Waals surface area (Å²) in [5.41, 5.74) is 6.02. The SMILES string of the molecule is CCOc1ccc(OC(C)C(=O)NNC(=O)Cc2csc(-c3ccc(F)cc3)n2)cc1. The molecule has 0 aliphatic carbocycles. The van der Waals surface area contributed by atoms with E-state index in [1.165, 1.54) is 23.5 Å². The number of halogens is 1. The molecule has 0 fully saturated rings. The smallest absolute Gasteiger partial charge is 0.279 e. The number of nitrogens with one attached hydrogen (secondary N) is 2. The van der Waals surface area contributed by atoms with Gasteiger partial charge in [-0.2, -0.15) is 0 Å². The van der Waals surface area contributed by atoms with E-state index in [1.807, 2.05) is 6.92 Å². The Labute approximate surface area is 183 Å². The lowest BCUT2D eigenvalue weighted by atomic mass is 10.2. The van der Waals surface area contributed by atoms with Crippen molar-refractivity contribution in [3.63, 3.8) is 0 Å². The van der Waals surface area contributed by atoms with E-state index in [4.69, 9.17) is 9.47 Å². The number of ether oxygens (including phenoxy) is 2. The Bertz CT molecular complexity index is 1020. The van der Waals surface area contributed by atoms with Gasteiger partial charge >= 0.3 is 0 Å². The van der Waals surface area contributed by atoms with Gasteiger partial charge in [0.25, 0.3) is 5.91 Å². The summed E-state index contributed by atoms with van der Waals surface area (Å²) in [6.45, 7) is 4.03. The molecular formula is C22H22FN3O4S. The molecule has 0 bridgehead atoms. The molecule has 9 heteroatoms. The van der Waals surface area contributed by atoms with Crippen LogP contribution in [0.15, 0.2) is 53.9 Å². The van der Waals surface area contributed by atoms with Crippen LogP contribution >= 0.6 is 11.3 Å². The summed E-state index contributed by atoms with van der Waals surface area (Å²) in [6, 6.07) is 12.9. The zero-order valence-corrected chi connectivity index (χ0v) is 17.9. The molecule has 0 aliphatic heterocycles. The van der Waals surface area contributed by atoms with Crippen molar-refractivity contribution in [1.82, 2.24) is 15.8 Å². The Hall–Kier alpha value is -3.46. The third-order valence-corrected chi connectivity index (χ3v) is 5.07. The minimum absolute atomic E-state index is 0.00783. The fourth-order valence-corrected chi connectivity index (χ4v) is 3.42. The van der Waals surface area contributed by atoms with Crippen molar-refractivity contribution in [3.8, 4) is 22.1 Å². The summed E-state index contributed by atoms with van der Waals surface area (Å²) < 4.78 is 24.0. The van der Waals surface area contributed by atoms with E-state index >= 15 is 0 Å². The number of thiazole rings is 1. The summed E-state index contributed by atoms with van der Waals surface area (Å²) in [5, 5.41) is 2.43. The molecular weight excluding hydrogens is 421 g/mol. The summed E-state index contributed by atoms with van der Waals surface area (Å²) >= 11 is 1.36. The number of hydrogen-bond donors (Lipinski definition) is 2. The Morgan fingerprint density at radius 1 is 1.06 bits per heavy atom. The fraction of sp³-hybridized carbons (Fsp3) is 0.227. The fourth-order valence-electron chi connectivity index (χ4n) is 2.59. The summed E-state index contributed by atoms with van der Waals surface area (Å²) in [5.74, 6) is -0.0152. The molecule has 31 heavy (non-hydrogen) atoms. The molecule has 3 aromatic rings. The highest BCUT2D eigenvalue weighted by Gasteiger charge is 2.16. The van der Waals surface area contributed by atoms with Crippen LogP contribution in [0, 0.1) is 5.82 Å². The normalized spacial score (nSPS) is 11.5. The summed E-state index contributed by atoms with van der Waals surface area (Å²) in [6.07, 6.45) is -0.825. The number of carbonyl (C=O) groups is 2. The first-order chi connectivity index (χ1) is 14.9. The molecule has 7 nitrogen and oxygen atoms in total. The van der Waals surface area contributed by atoms with Gasteiger partial charge in [-0.15, -0.1) is 11.3 Å². The lowest BCUT2D eigenvalue weighted by molar-refractivity contribution is -0.132. The predicted molar refractivity (Wildman–Crippen MR) is 115 cm³/mol. The van der Waals surface area contributed by atoms with Crippen LogP contribution in [0.1, 0.15) is 19.5 Å². The average Bonchev–Trinajstić information content (AvgIpc) is 3.22. The summed E-state index contributed by atoms with van der Waals surface area (Å²) in [4.78, 5) is 28.7. The largest absolute Gasteiger partial charge is 0.494 e. The Balaban J connectivity index is 1.45. The number of benzene rings is 2. The molecule has 0 saturated heterocycles. The van der Waals surface area contributed by atoms with Crippen molar-refractivity contribution >= 4 is 23.2 Å². The van der Waals surface area contributed by atoms with Crippen LogP contribution in [0.25, 0.3) is 10.6 Å². The standard InChI is InChI=1S/C22H22FN3O4S/c1-3-29-18-8-10-19(11-9-18)30-14(2)21(28)26-25-20(27)12-17-13-31-22(24-17)15-4-6-16(23)7-5-15/h4-11,13-14H,3,12H2,1-2H3,(H,25,27)(H,26,28). The first-order valence-corrected chi connectivity index (χ1v) is 10.5. The van der Waals surface area contributed by atoms with Crippen LogP contribution in [-0.4, -0.2) is 29.5 Å². The molecule has 2 N–H and O–H groups in total. The lowest BCUT2D eigenvalue weighted by Gasteiger charge is -2.15. The van der Waals surface area contributed by atoms with Gasteiger partial charge in [-0.1, -0.05) is 0 Å². The molecule has 1 heterocycles. The van der Waals surface area contributed by atoms with Gasteiger partial charge in [0.2, 0.25) is 5.91 Å². The molecule has 3 rings (SSSR count). The third-order valence-electron chi connectivity index (χ3n) is 4.13. The second kappa shape index (κ2) is 10.5. The van der Waals surface area contributed by atoms with Crippen LogP contribution in [0.5, 0.6) is 11.5 Å². The molecule has 2 amide bonds. The minimum Gasteiger partial charge on any atom is -0.494 e. The van der Waals surface area contributed by atoms with Crippen LogP contribution < -0.4 is 20.3 Å². The molecule has 0 radical (unpaired) electrons. The quantitative estimate of drug-likeness (QED) is 0.520. The molecule has 0 saturated carbocycles. The maximum atomic E-state index is 13.0. The topological polar surface area (TPSA) is 89.5 Å². The monoisotopic (exact) mass is 443 g/mol. The number of amides is 2. The minimum atomic E-state index is -0.817. The van der Waals surface area contributed by atoms with E-state index in [2.05, 4.69) is 15.8 Å². The van der Waals surface area contributed by atoms with Gasteiger partial charge in [0.1, 0.15) is 22.3 Å². The Morgan fingerprint density at radius 3 is 2.42 bits per heavy atom. The van der Waals surface area contributed by atoms with E-state index in [-0.39, 0.29) is 12.2 Å². The van der Waals surface area contributed by atoms with Crippen molar-refractivity contribution in [3.05, 3.63) is 65.4 Å². The number of hydrogen-bond acceptors (Lipinski definition) is 6. The van der Waals surface area contributed by atoms with E-state index in [0.29, 0.717) is 28.8 Å². The first kappa shape index (κ1) is 22.2. The highest BCUT2D eigenvalue weighted by Crippen LogP contribution is 2.24. The predicted octanol–water partition coefficient (Wildman–Crippen LogP) is 3.51. The third kappa shape index (κ3) is 6.51. The van der Waals surface area contributed by atoms with Crippen molar-refractivity contribution in [1.29, 1.82) is 0 Å². The van der Waals surface area contributed by atoms with E-state index < -0.39 is 17.9 Å². The van der Waals surface area contributed by atoms with Gasteiger partial charge in [-0.05, 0) is 62.4 Å². The second-order valence-corrected chi connectivity index (χ2v) is 7.39. The zero-order chi connectivity index (χ0) is 22.2. The number of rotatable bonds is 8. The van der Waals surface area contributed by atoms with Crippen LogP contribution in [-0.2, 0) is 16.0 Å². The number of hydrazine groups is 1. The van der Waals surface area contributed by atoms with Crippen LogP contribution in [0.2, 0.25) is 0 Å².